The van der Waals surface area contributed by atoms with E-state index in [-0.39, 0.29) is 24.0 Å². The van der Waals surface area contributed by atoms with E-state index in [9.17, 15) is 0 Å². The number of halogens is 1. The van der Waals surface area contributed by atoms with Gasteiger partial charge in [0, 0.05) is 26.2 Å². The number of hydrogen-bond donors (Lipinski definition) is 2. The monoisotopic (exact) mass is 427 g/mol. The van der Waals surface area contributed by atoms with Crippen molar-refractivity contribution < 1.29 is 0 Å². The predicted octanol–water partition coefficient (Wildman–Crippen LogP) is 1.49. The van der Waals surface area contributed by atoms with Gasteiger partial charge in [0.15, 0.2) is 11.8 Å². The number of aliphatic imine (C=N–C) groups is 1. The number of pyridine rings is 1. The Kier molecular flexibility index (Phi) is 6.75. The smallest absolute Gasteiger partial charge is 0.191 e. The third kappa shape index (κ3) is 4.63. The van der Waals surface area contributed by atoms with Crippen LogP contribution in [-0.2, 0) is 26.1 Å². The number of nitrogens with one attached hydrogen (secondary N) is 2. The number of fused-ring (bicyclic) bond motifs is 1. The second-order valence-electron chi connectivity index (χ2n) is 5.24. The Morgan fingerprint density at radius 1 is 1.22 bits per heavy atom. The molecule has 124 valence electrons. The Labute approximate surface area is 153 Å². The van der Waals surface area contributed by atoms with Gasteiger partial charge in [0.1, 0.15) is 5.82 Å². The van der Waals surface area contributed by atoms with E-state index in [1.807, 2.05) is 18.2 Å². The molecule has 0 aliphatic carbocycles. The lowest BCUT2D eigenvalue weighted by Crippen LogP contribution is -2.37. The van der Waals surface area contributed by atoms with Crippen molar-refractivity contribution in [1.29, 1.82) is 0 Å². The van der Waals surface area contributed by atoms with Crippen molar-refractivity contribution in [3.63, 3.8) is 0 Å². The molecule has 0 radical (unpaired) electrons. The highest BCUT2D eigenvalue weighted by atomic mass is 127. The van der Waals surface area contributed by atoms with Crippen molar-refractivity contribution in [2.75, 3.05) is 7.05 Å². The molecular formula is C15H22IN7. The van der Waals surface area contributed by atoms with Crippen LogP contribution in [-0.4, -0.2) is 32.8 Å². The van der Waals surface area contributed by atoms with Crippen LogP contribution < -0.4 is 10.6 Å². The third-order valence-electron chi connectivity index (χ3n) is 3.74. The van der Waals surface area contributed by atoms with Gasteiger partial charge in [0.2, 0.25) is 0 Å². The van der Waals surface area contributed by atoms with Crippen molar-refractivity contribution in [3.8, 4) is 0 Å². The van der Waals surface area contributed by atoms with Gasteiger partial charge in [-0.25, -0.2) is 0 Å². The topological polar surface area (TPSA) is 80.0 Å². The van der Waals surface area contributed by atoms with Crippen molar-refractivity contribution in [2.24, 2.45) is 4.99 Å². The fraction of sp³-hybridized carbons (Fsp3) is 0.467. The van der Waals surface area contributed by atoms with Crippen LogP contribution in [0, 0.1) is 0 Å². The van der Waals surface area contributed by atoms with Gasteiger partial charge in [-0.1, -0.05) is 6.07 Å². The Bertz CT molecular complexity index is 639. The van der Waals surface area contributed by atoms with Crippen molar-refractivity contribution >= 4 is 29.9 Å². The van der Waals surface area contributed by atoms with Crippen LogP contribution in [0.5, 0.6) is 0 Å². The average Bonchev–Trinajstić information content (AvgIpc) is 2.99. The maximum absolute atomic E-state index is 4.28. The van der Waals surface area contributed by atoms with Gasteiger partial charge in [0.05, 0.1) is 18.8 Å². The van der Waals surface area contributed by atoms with Crippen molar-refractivity contribution in [3.05, 3.63) is 41.7 Å². The molecule has 0 aromatic carbocycles. The van der Waals surface area contributed by atoms with E-state index in [4.69, 9.17) is 0 Å². The summed E-state index contributed by atoms with van der Waals surface area (Å²) in [5.74, 6) is 2.80. The van der Waals surface area contributed by atoms with Crippen LogP contribution >= 0.6 is 24.0 Å². The average molecular weight is 427 g/mol. The van der Waals surface area contributed by atoms with E-state index in [1.165, 1.54) is 12.8 Å². The van der Waals surface area contributed by atoms with Gasteiger partial charge in [-0.2, -0.15) is 0 Å². The summed E-state index contributed by atoms with van der Waals surface area (Å²) in [6.45, 7) is 2.27. The summed E-state index contributed by atoms with van der Waals surface area (Å²) >= 11 is 0. The van der Waals surface area contributed by atoms with Crippen LogP contribution in [0.4, 0.5) is 0 Å². The van der Waals surface area contributed by atoms with E-state index in [0.717, 1.165) is 36.3 Å². The molecular weight excluding hydrogens is 405 g/mol. The fourth-order valence-electron chi connectivity index (χ4n) is 2.56. The minimum absolute atomic E-state index is 0. The zero-order valence-corrected chi connectivity index (χ0v) is 15.5. The van der Waals surface area contributed by atoms with Gasteiger partial charge in [-0.15, -0.1) is 34.2 Å². The third-order valence-corrected chi connectivity index (χ3v) is 3.74. The fourth-order valence-corrected chi connectivity index (χ4v) is 2.56. The molecule has 0 amide bonds. The normalized spacial score (nSPS) is 13.9. The summed E-state index contributed by atoms with van der Waals surface area (Å²) in [6.07, 6.45) is 5.22. The molecule has 2 N–H and O–H groups in total. The van der Waals surface area contributed by atoms with E-state index in [1.54, 1.807) is 13.2 Å². The molecule has 0 unspecified atom stereocenters. The zero-order valence-electron chi connectivity index (χ0n) is 13.2. The van der Waals surface area contributed by atoms with Crippen LogP contribution in [0.1, 0.15) is 30.2 Å². The maximum atomic E-state index is 4.28. The zero-order chi connectivity index (χ0) is 15.2. The Balaban J connectivity index is 0.00000192. The number of guanidine groups is 1. The molecule has 0 saturated heterocycles. The molecule has 3 rings (SSSR count). The van der Waals surface area contributed by atoms with Gasteiger partial charge in [-0.3, -0.25) is 9.98 Å². The molecule has 0 fully saturated rings. The lowest BCUT2D eigenvalue weighted by Gasteiger charge is -2.16. The Hall–Kier alpha value is -1.71. The summed E-state index contributed by atoms with van der Waals surface area (Å²) < 4.78 is 2.21. The van der Waals surface area contributed by atoms with E-state index >= 15 is 0 Å². The van der Waals surface area contributed by atoms with E-state index in [0.29, 0.717) is 13.1 Å². The number of rotatable bonds is 4. The van der Waals surface area contributed by atoms with E-state index in [2.05, 4.69) is 35.4 Å². The highest BCUT2D eigenvalue weighted by Crippen LogP contribution is 2.13. The van der Waals surface area contributed by atoms with Gasteiger partial charge in [0.25, 0.3) is 0 Å². The largest absolute Gasteiger partial charge is 0.351 e. The minimum Gasteiger partial charge on any atom is -0.351 e. The molecule has 0 spiro atoms. The number of aryl methyl sites for hydroxylation is 1. The summed E-state index contributed by atoms with van der Waals surface area (Å²) in [6, 6.07) is 5.86. The van der Waals surface area contributed by atoms with Crippen molar-refractivity contribution in [1.82, 2.24) is 30.4 Å². The summed E-state index contributed by atoms with van der Waals surface area (Å²) in [4.78, 5) is 8.50. The Morgan fingerprint density at radius 2 is 2.09 bits per heavy atom. The second kappa shape index (κ2) is 8.80. The highest BCUT2D eigenvalue weighted by molar-refractivity contribution is 14.0. The lowest BCUT2D eigenvalue weighted by atomic mass is 10.2. The standard InChI is InChI=1S/C15H21N7.HI/c1-16-15(18-10-12-6-2-4-8-17-12)19-11-14-21-20-13-7-3-5-9-22(13)14;/h2,4,6,8H,3,5,7,9-11H2,1H3,(H2,16,18,19);1H. The number of hydrogen-bond acceptors (Lipinski definition) is 4. The summed E-state index contributed by atoms with van der Waals surface area (Å²) in [5, 5.41) is 15.1. The molecule has 0 bridgehead atoms. The maximum Gasteiger partial charge on any atom is 0.191 e. The first kappa shape index (κ1) is 17.6. The van der Waals surface area contributed by atoms with Gasteiger partial charge >= 0.3 is 0 Å². The highest BCUT2D eigenvalue weighted by Gasteiger charge is 2.15. The van der Waals surface area contributed by atoms with Crippen LogP contribution in [0.3, 0.4) is 0 Å². The molecule has 2 aromatic heterocycles. The van der Waals surface area contributed by atoms with Crippen LogP contribution in [0.15, 0.2) is 29.4 Å². The summed E-state index contributed by atoms with van der Waals surface area (Å²) in [5.41, 5.74) is 0.977. The first-order valence-electron chi connectivity index (χ1n) is 7.62. The minimum atomic E-state index is 0. The van der Waals surface area contributed by atoms with Gasteiger partial charge in [-0.05, 0) is 25.0 Å². The number of aromatic nitrogens is 4. The predicted molar refractivity (Wildman–Crippen MR) is 99.7 cm³/mol. The molecule has 8 heteroatoms. The molecule has 0 atom stereocenters. The molecule has 0 saturated carbocycles. The van der Waals surface area contributed by atoms with E-state index < -0.39 is 0 Å². The molecule has 7 nitrogen and oxygen atoms in total. The van der Waals surface area contributed by atoms with Crippen molar-refractivity contribution in [2.45, 2.75) is 38.9 Å². The quantitative estimate of drug-likeness (QED) is 0.439. The first-order valence-corrected chi connectivity index (χ1v) is 7.62. The molecule has 1 aliphatic heterocycles. The lowest BCUT2D eigenvalue weighted by molar-refractivity contribution is 0.504. The van der Waals surface area contributed by atoms with Crippen LogP contribution in [0.2, 0.25) is 0 Å². The summed E-state index contributed by atoms with van der Waals surface area (Å²) in [7, 11) is 1.76. The Morgan fingerprint density at radius 3 is 2.87 bits per heavy atom. The van der Waals surface area contributed by atoms with Crippen LogP contribution in [0.25, 0.3) is 0 Å². The molecule has 23 heavy (non-hydrogen) atoms. The number of nitrogens with zero attached hydrogens (tertiary/aromatic N) is 5. The molecule has 2 aromatic rings. The SMILES string of the molecule is CN=C(NCc1ccccn1)NCc1nnc2n1CCCC2.I. The second-order valence-corrected chi connectivity index (χ2v) is 5.24. The van der Waals surface area contributed by atoms with Gasteiger partial charge < -0.3 is 15.2 Å². The first-order chi connectivity index (χ1) is 10.9. The molecule has 1 aliphatic rings. The molecule has 3 heterocycles.